The van der Waals surface area contributed by atoms with Crippen LogP contribution in [0.25, 0.3) is 0 Å². The quantitative estimate of drug-likeness (QED) is 0.290. The third-order valence-electron chi connectivity index (χ3n) is 2.12. The summed E-state index contributed by atoms with van der Waals surface area (Å²) in [5.41, 5.74) is 5.21. The minimum absolute atomic E-state index is 0.0629. The summed E-state index contributed by atoms with van der Waals surface area (Å²) in [5.74, 6) is -1.95. The van der Waals surface area contributed by atoms with Crippen molar-refractivity contribution in [2.45, 2.75) is 29.6 Å². The van der Waals surface area contributed by atoms with Gasteiger partial charge in [0.15, 0.2) is 0 Å². The van der Waals surface area contributed by atoms with Crippen LogP contribution in [-0.4, -0.2) is 67.6 Å². The van der Waals surface area contributed by atoms with Gasteiger partial charge in [0.05, 0.1) is 0 Å². The molecular formula is C10H17N3O6Se. The van der Waals surface area contributed by atoms with Gasteiger partial charge >= 0.3 is 121 Å². The number of hydrogen-bond donors (Lipinski definition) is 5. The van der Waals surface area contributed by atoms with Crippen molar-refractivity contribution in [2.24, 2.45) is 5.73 Å². The molecule has 0 aromatic rings. The summed E-state index contributed by atoms with van der Waals surface area (Å²) in [6.07, 6.45) is -0.450. The molecular weight excluding hydrogens is 337 g/mol. The molecule has 114 valence electrons. The second kappa shape index (κ2) is 9.29. The first-order chi connectivity index (χ1) is 9.27. The van der Waals surface area contributed by atoms with Gasteiger partial charge in [0, 0.05) is 0 Å². The molecule has 0 bridgehead atoms. The van der Waals surface area contributed by atoms with Crippen molar-refractivity contribution in [3.63, 3.8) is 0 Å². The van der Waals surface area contributed by atoms with E-state index in [0.717, 1.165) is 0 Å². The van der Waals surface area contributed by atoms with Crippen molar-refractivity contribution >= 4 is 38.7 Å². The zero-order valence-corrected chi connectivity index (χ0v) is 12.5. The molecule has 2 atom stereocenters. The number of hydrogen-bond acceptors (Lipinski definition) is 5. The fraction of sp³-hybridized carbons (Fsp3) is 0.600. The molecule has 6 N–H and O–H groups in total. The van der Waals surface area contributed by atoms with E-state index in [1.165, 1.54) is 0 Å². The molecule has 10 heteroatoms. The van der Waals surface area contributed by atoms with E-state index in [9.17, 15) is 19.2 Å². The zero-order valence-electron chi connectivity index (χ0n) is 10.8. The van der Waals surface area contributed by atoms with Gasteiger partial charge in [-0.2, -0.15) is 0 Å². The van der Waals surface area contributed by atoms with Gasteiger partial charge in [-0.05, 0) is 0 Å². The molecule has 0 saturated heterocycles. The molecule has 0 aliphatic carbocycles. The summed E-state index contributed by atoms with van der Waals surface area (Å²) in [7, 11) is 0. The first-order valence-corrected chi connectivity index (χ1v) is 8.46. The van der Waals surface area contributed by atoms with E-state index in [1.54, 1.807) is 0 Å². The van der Waals surface area contributed by atoms with Gasteiger partial charge in [-0.1, -0.05) is 0 Å². The van der Waals surface area contributed by atoms with E-state index in [1.807, 2.05) is 5.82 Å². The fourth-order valence-corrected chi connectivity index (χ4v) is 2.37. The van der Waals surface area contributed by atoms with E-state index in [0.29, 0.717) is 5.32 Å². The van der Waals surface area contributed by atoms with E-state index in [-0.39, 0.29) is 15.0 Å². The van der Waals surface area contributed by atoms with Crippen LogP contribution in [0.1, 0.15) is 6.42 Å². The molecule has 0 spiro atoms. The second-order valence-corrected chi connectivity index (χ2v) is 5.75. The molecule has 2 amide bonds. The summed E-state index contributed by atoms with van der Waals surface area (Å²) in [6, 6.07) is -2.22. The zero-order chi connectivity index (χ0) is 15.7. The first-order valence-electron chi connectivity index (χ1n) is 5.54. The summed E-state index contributed by atoms with van der Waals surface area (Å²) in [5, 5.41) is 21.9. The van der Waals surface area contributed by atoms with E-state index < -0.39 is 48.8 Å². The van der Waals surface area contributed by atoms with Crippen LogP contribution < -0.4 is 16.4 Å². The molecule has 0 heterocycles. The number of nitrogens with two attached hydrogens (primary N) is 1. The predicted octanol–water partition coefficient (Wildman–Crippen LogP) is -2.36. The van der Waals surface area contributed by atoms with Crippen LogP contribution in [0, 0.1) is 0 Å². The summed E-state index contributed by atoms with van der Waals surface area (Å²) in [4.78, 5) is 44.1. The Morgan fingerprint density at radius 3 is 2.30 bits per heavy atom. The number of carboxylic acids is 2. The van der Waals surface area contributed by atoms with E-state index >= 15 is 0 Å². The SMILES string of the molecule is C[Se]CC(NC(=O)CC(N)C(=O)O)C(=O)NCC(=O)O. The van der Waals surface area contributed by atoms with E-state index in [4.69, 9.17) is 15.9 Å². The normalized spacial score (nSPS) is 13.1. The summed E-state index contributed by atoms with van der Waals surface area (Å²) in [6.45, 7) is -0.545. The van der Waals surface area contributed by atoms with Crippen LogP contribution >= 0.6 is 0 Å². The average Bonchev–Trinajstić information content (AvgIpc) is 2.35. The molecule has 0 aromatic carbocycles. The van der Waals surface area contributed by atoms with Crippen LogP contribution in [0.5, 0.6) is 0 Å². The Balaban J connectivity index is 4.45. The van der Waals surface area contributed by atoms with E-state index in [2.05, 4.69) is 10.6 Å². The Morgan fingerprint density at radius 2 is 1.85 bits per heavy atom. The molecule has 0 radical (unpaired) electrons. The number of nitrogens with one attached hydrogen (secondary N) is 2. The van der Waals surface area contributed by atoms with Crippen molar-refractivity contribution in [1.82, 2.24) is 10.6 Å². The first kappa shape index (κ1) is 18.4. The monoisotopic (exact) mass is 355 g/mol. The minimum atomic E-state index is -1.34. The molecule has 9 nitrogen and oxygen atoms in total. The number of rotatable bonds is 9. The van der Waals surface area contributed by atoms with Crippen molar-refractivity contribution in [3.05, 3.63) is 0 Å². The molecule has 20 heavy (non-hydrogen) atoms. The van der Waals surface area contributed by atoms with Gasteiger partial charge in [0.1, 0.15) is 0 Å². The maximum atomic E-state index is 11.7. The van der Waals surface area contributed by atoms with Crippen molar-refractivity contribution in [1.29, 1.82) is 0 Å². The van der Waals surface area contributed by atoms with Crippen molar-refractivity contribution < 1.29 is 29.4 Å². The number of amides is 2. The van der Waals surface area contributed by atoms with Crippen molar-refractivity contribution in [2.75, 3.05) is 6.54 Å². The Hall–Kier alpha value is -1.64. The van der Waals surface area contributed by atoms with Crippen LogP contribution in [0.15, 0.2) is 0 Å². The van der Waals surface area contributed by atoms with Gasteiger partial charge in [-0.25, -0.2) is 0 Å². The van der Waals surface area contributed by atoms with Gasteiger partial charge in [0.25, 0.3) is 0 Å². The van der Waals surface area contributed by atoms with Crippen LogP contribution in [0.3, 0.4) is 0 Å². The molecule has 0 aliphatic rings. The van der Waals surface area contributed by atoms with Gasteiger partial charge in [0.2, 0.25) is 0 Å². The Labute approximate surface area is 121 Å². The standard InChI is InChI=1S/C10H17N3O6Se/c1-20-4-6(9(17)12-3-8(15)16)13-7(14)2-5(11)10(18)19/h5-6H,2-4,11H2,1H3,(H,12,17)(H,13,14)(H,15,16)(H,18,19). The fourth-order valence-electron chi connectivity index (χ4n) is 1.18. The van der Waals surface area contributed by atoms with Gasteiger partial charge < -0.3 is 0 Å². The predicted molar refractivity (Wildman–Crippen MR) is 69.2 cm³/mol. The maximum absolute atomic E-state index is 11.7. The van der Waals surface area contributed by atoms with Crippen LogP contribution in [0.4, 0.5) is 0 Å². The van der Waals surface area contributed by atoms with Crippen LogP contribution in [-0.2, 0) is 19.2 Å². The van der Waals surface area contributed by atoms with Crippen molar-refractivity contribution in [3.8, 4) is 0 Å². The Bertz CT molecular complexity index is 389. The summed E-state index contributed by atoms with van der Waals surface area (Å²) < 4.78 is 0. The topological polar surface area (TPSA) is 159 Å². The van der Waals surface area contributed by atoms with Gasteiger partial charge in [-0.3, -0.25) is 0 Å². The molecule has 0 rings (SSSR count). The molecule has 0 saturated carbocycles. The Morgan fingerprint density at radius 1 is 1.25 bits per heavy atom. The molecule has 0 fully saturated rings. The third kappa shape index (κ3) is 7.72. The number of carbonyl (C=O) groups excluding carboxylic acids is 2. The summed E-state index contributed by atoms with van der Waals surface area (Å²) >= 11 is 0.0629. The second-order valence-electron chi connectivity index (χ2n) is 3.84. The third-order valence-corrected chi connectivity index (χ3v) is 3.52. The molecule has 2 unspecified atom stereocenters. The van der Waals surface area contributed by atoms with Gasteiger partial charge in [-0.15, -0.1) is 0 Å². The van der Waals surface area contributed by atoms with Crippen LogP contribution in [0.2, 0.25) is 11.1 Å². The molecule has 0 aliphatic heterocycles. The number of carboxylic acid groups (broad SMARTS) is 2. The molecule has 0 aromatic heterocycles. The number of aliphatic carboxylic acids is 2. The average molecular weight is 354 g/mol. The number of carbonyl (C=O) groups is 4. The Kier molecular flexibility index (Phi) is 8.53.